The van der Waals surface area contributed by atoms with Gasteiger partial charge in [-0.25, -0.2) is 0 Å². The molecule has 0 unspecified atom stereocenters. The molecule has 1 aromatic rings. The summed E-state index contributed by atoms with van der Waals surface area (Å²) in [5, 5.41) is 3.70. The predicted octanol–water partition coefficient (Wildman–Crippen LogP) is 6.48. The van der Waals surface area contributed by atoms with Gasteiger partial charge in [0, 0.05) is 12.1 Å². The van der Waals surface area contributed by atoms with Gasteiger partial charge in [0.25, 0.3) is 0 Å². The van der Waals surface area contributed by atoms with Crippen molar-refractivity contribution < 1.29 is 0 Å². The lowest BCUT2D eigenvalue weighted by atomic mass is 9.95. The lowest BCUT2D eigenvalue weighted by Gasteiger charge is -2.26. The van der Waals surface area contributed by atoms with Crippen LogP contribution in [0.5, 0.6) is 0 Å². The van der Waals surface area contributed by atoms with Crippen molar-refractivity contribution in [3.05, 3.63) is 35.9 Å². The highest BCUT2D eigenvalue weighted by molar-refractivity contribution is 5.14. The third-order valence-electron chi connectivity index (χ3n) is 4.52. The summed E-state index contributed by atoms with van der Waals surface area (Å²) in [6.45, 7) is 7.93. The van der Waals surface area contributed by atoms with Gasteiger partial charge in [0.05, 0.1) is 0 Å². The summed E-state index contributed by atoms with van der Waals surface area (Å²) in [7, 11) is 0. The maximum absolute atomic E-state index is 3.70. The highest BCUT2D eigenvalue weighted by Gasteiger charge is 2.15. The van der Waals surface area contributed by atoms with E-state index in [1.807, 2.05) is 0 Å². The normalized spacial score (nSPS) is 11.8. The van der Waals surface area contributed by atoms with Crippen molar-refractivity contribution in [2.45, 2.75) is 97.1 Å². The van der Waals surface area contributed by atoms with Gasteiger partial charge in [0.1, 0.15) is 0 Å². The minimum atomic E-state index is 0.247. The molecule has 1 rings (SSSR count). The Hall–Kier alpha value is -0.820. The number of benzene rings is 1. The van der Waals surface area contributed by atoms with Crippen LogP contribution in [-0.2, 0) is 6.54 Å². The zero-order valence-corrected chi connectivity index (χ0v) is 15.2. The van der Waals surface area contributed by atoms with Crippen molar-refractivity contribution in [2.75, 3.05) is 0 Å². The molecular weight excluding hydrogens is 266 g/mol. The largest absolute Gasteiger partial charge is 0.308 e. The molecule has 0 radical (unpaired) electrons. The van der Waals surface area contributed by atoms with Crippen LogP contribution >= 0.6 is 0 Å². The van der Waals surface area contributed by atoms with E-state index in [0.717, 1.165) is 6.54 Å². The molecule has 0 aliphatic heterocycles. The zero-order chi connectivity index (χ0) is 16.1. The molecule has 0 saturated heterocycles. The average Bonchev–Trinajstić information content (AvgIpc) is 2.52. The Bertz CT molecular complexity index is 355. The fraction of sp³-hybridized carbons (Fsp3) is 0.714. The number of unbranched alkanes of at least 4 members (excludes halogenated alkanes) is 8. The summed E-state index contributed by atoms with van der Waals surface area (Å²) in [4.78, 5) is 0. The van der Waals surface area contributed by atoms with E-state index in [4.69, 9.17) is 0 Å². The van der Waals surface area contributed by atoms with E-state index in [9.17, 15) is 0 Å². The highest BCUT2D eigenvalue weighted by atomic mass is 14.9. The first-order valence-corrected chi connectivity index (χ1v) is 9.43. The summed E-state index contributed by atoms with van der Waals surface area (Å²) in [6.07, 6.45) is 14.0. The summed E-state index contributed by atoms with van der Waals surface area (Å²) in [6, 6.07) is 10.7. The Kier molecular flexibility index (Phi) is 10.2. The smallest absolute Gasteiger partial charge is 0.0210 e. The second-order valence-corrected chi connectivity index (χ2v) is 7.30. The standard InChI is InChI=1S/C21H37N/c1-4-5-6-7-8-9-10-11-15-18-21(2,3)22-19-20-16-13-12-14-17-20/h12-14,16-17,22H,4-11,15,18-19H2,1-3H3. The van der Waals surface area contributed by atoms with Crippen LogP contribution in [0.3, 0.4) is 0 Å². The molecule has 0 saturated carbocycles. The second-order valence-electron chi connectivity index (χ2n) is 7.30. The Morgan fingerprint density at radius 3 is 1.91 bits per heavy atom. The van der Waals surface area contributed by atoms with Crippen molar-refractivity contribution >= 4 is 0 Å². The molecule has 0 heterocycles. The van der Waals surface area contributed by atoms with Gasteiger partial charge in [-0.2, -0.15) is 0 Å². The van der Waals surface area contributed by atoms with Gasteiger partial charge in [-0.3, -0.25) is 0 Å². The molecule has 22 heavy (non-hydrogen) atoms. The lowest BCUT2D eigenvalue weighted by Crippen LogP contribution is -2.38. The molecule has 1 N–H and O–H groups in total. The monoisotopic (exact) mass is 303 g/mol. The third kappa shape index (κ3) is 10.00. The molecule has 1 nitrogen and oxygen atoms in total. The molecule has 0 aliphatic carbocycles. The fourth-order valence-electron chi connectivity index (χ4n) is 2.90. The van der Waals surface area contributed by atoms with Gasteiger partial charge < -0.3 is 5.32 Å². The van der Waals surface area contributed by atoms with Gasteiger partial charge in [-0.15, -0.1) is 0 Å². The lowest BCUT2D eigenvalue weighted by molar-refractivity contribution is 0.344. The maximum Gasteiger partial charge on any atom is 0.0210 e. The van der Waals surface area contributed by atoms with Crippen LogP contribution in [-0.4, -0.2) is 5.54 Å². The molecule has 0 aliphatic rings. The molecule has 0 aromatic heterocycles. The summed E-state index contributed by atoms with van der Waals surface area (Å²) in [5.41, 5.74) is 1.62. The van der Waals surface area contributed by atoms with E-state index >= 15 is 0 Å². The van der Waals surface area contributed by atoms with E-state index in [1.54, 1.807) is 0 Å². The predicted molar refractivity (Wildman–Crippen MR) is 99.2 cm³/mol. The first-order valence-electron chi connectivity index (χ1n) is 9.43. The average molecular weight is 304 g/mol. The van der Waals surface area contributed by atoms with Crippen molar-refractivity contribution in [1.82, 2.24) is 5.32 Å². The fourth-order valence-corrected chi connectivity index (χ4v) is 2.90. The topological polar surface area (TPSA) is 12.0 Å². The Labute approximate surface area is 138 Å². The van der Waals surface area contributed by atoms with E-state index < -0.39 is 0 Å². The minimum absolute atomic E-state index is 0.247. The van der Waals surface area contributed by atoms with Gasteiger partial charge in [0.15, 0.2) is 0 Å². The van der Waals surface area contributed by atoms with Crippen LogP contribution in [0.2, 0.25) is 0 Å². The molecule has 126 valence electrons. The molecule has 0 atom stereocenters. The van der Waals surface area contributed by atoms with E-state index in [1.165, 1.54) is 69.8 Å². The van der Waals surface area contributed by atoms with Crippen LogP contribution in [0, 0.1) is 0 Å². The maximum atomic E-state index is 3.70. The van der Waals surface area contributed by atoms with Crippen LogP contribution in [0.25, 0.3) is 0 Å². The number of rotatable bonds is 13. The summed E-state index contributed by atoms with van der Waals surface area (Å²) < 4.78 is 0. The quantitative estimate of drug-likeness (QED) is 0.411. The molecule has 1 heteroatoms. The van der Waals surface area contributed by atoms with Crippen LogP contribution in [0.15, 0.2) is 30.3 Å². The Balaban J connectivity index is 2.00. The van der Waals surface area contributed by atoms with Crippen LogP contribution in [0.1, 0.15) is 90.5 Å². The Morgan fingerprint density at radius 2 is 1.32 bits per heavy atom. The summed E-state index contributed by atoms with van der Waals surface area (Å²) >= 11 is 0. The van der Waals surface area contributed by atoms with Gasteiger partial charge in [-0.1, -0.05) is 95.0 Å². The van der Waals surface area contributed by atoms with E-state index in [-0.39, 0.29) is 5.54 Å². The van der Waals surface area contributed by atoms with Crippen molar-refractivity contribution in [3.63, 3.8) is 0 Å². The van der Waals surface area contributed by atoms with Crippen molar-refractivity contribution in [3.8, 4) is 0 Å². The molecule has 0 bridgehead atoms. The highest BCUT2D eigenvalue weighted by Crippen LogP contribution is 2.17. The first kappa shape index (κ1) is 19.2. The third-order valence-corrected chi connectivity index (χ3v) is 4.52. The minimum Gasteiger partial charge on any atom is -0.308 e. The van der Waals surface area contributed by atoms with E-state index in [2.05, 4.69) is 56.4 Å². The first-order chi connectivity index (χ1) is 10.6. The van der Waals surface area contributed by atoms with Gasteiger partial charge >= 0.3 is 0 Å². The van der Waals surface area contributed by atoms with Crippen molar-refractivity contribution in [2.24, 2.45) is 0 Å². The summed E-state index contributed by atoms with van der Waals surface area (Å²) in [5.74, 6) is 0. The number of nitrogens with one attached hydrogen (secondary N) is 1. The molecule has 0 fully saturated rings. The van der Waals surface area contributed by atoms with Gasteiger partial charge in [-0.05, 0) is 25.8 Å². The van der Waals surface area contributed by atoms with Crippen LogP contribution in [0.4, 0.5) is 0 Å². The van der Waals surface area contributed by atoms with Crippen LogP contribution < -0.4 is 5.32 Å². The number of hydrogen-bond acceptors (Lipinski definition) is 1. The second kappa shape index (κ2) is 11.7. The Morgan fingerprint density at radius 1 is 0.773 bits per heavy atom. The molecule has 0 spiro atoms. The number of hydrogen-bond donors (Lipinski definition) is 1. The zero-order valence-electron chi connectivity index (χ0n) is 15.2. The van der Waals surface area contributed by atoms with Gasteiger partial charge in [0.2, 0.25) is 0 Å². The van der Waals surface area contributed by atoms with E-state index in [0.29, 0.717) is 0 Å². The SMILES string of the molecule is CCCCCCCCCCCC(C)(C)NCc1ccccc1. The van der Waals surface area contributed by atoms with Crippen molar-refractivity contribution in [1.29, 1.82) is 0 Å². The molecule has 0 amide bonds. The molecular formula is C21H37N. The molecule has 1 aromatic carbocycles.